The Hall–Kier alpha value is -2.21. The van der Waals surface area contributed by atoms with Crippen LogP contribution in [0.15, 0.2) is 28.1 Å². The van der Waals surface area contributed by atoms with E-state index in [4.69, 9.17) is 11.1 Å². The van der Waals surface area contributed by atoms with Crippen molar-refractivity contribution in [3.63, 3.8) is 0 Å². The third kappa shape index (κ3) is 3.82. The maximum atomic E-state index is 13.3. The molecule has 0 bridgehead atoms. The van der Waals surface area contributed by atoms with Gasteiger partial charge in [-0.25, -0.2) is 9.18 Å². The summed E-state index contributed by atoms with van der Waals surface area (Å²) >= 11 is 3.72. The number of rotatable bonds is 2. The van der Waals surface area contributed by atoms with E-state index in [1.807, 2.05) is 0 Å². The number of hydrogen-bond acceptors (Lipinski definition) is 6. The predicted molar refractivity (Wildman–Crippen MR) is 82.1 cm³/mol. The Labute approximate surface area is 144 Å². The summed E-state index contributed by atoms with van der Waals surface area (Å²) in [6.45, 7) is 0. The van der Waals surface area contributed by atoms with E-state index in [0.717, 1.165) is 29.7 Å². The zero-order chi connectivity index (χ0) is 18.1. The van der Waals surface area contributed by atoms with Gasteiger partial charge >= 0.3 is 12.1 Å². The number of carbonyl (C=O) groups excluding carboxylic acids is 1. The summed E-state index contributed by atoms with van der Waals surface area (Å²) in [4.78, 5) is 15.4. The van der Waals surface area contributed by atoms with Crippen LogP contribution in [-0.4, -0.2) is 22.4 Å². The fourth-order valence-electron chi connectivity index (χ4n) is 1.49. The van der Waals surface area contributed by atoms with E-state index < -0.39 is 23.8 Å². The van der Waals surface area contributed by atoms with Gasteiger partial charge in [0, 0.05) is 5.38 Å². The van der Waals surface area contributed by atoms with Crippen molar-refractivity contribution in [3.05, 3.63) is 39.6 Å². The molecule has 2 rings (SSSR count). The number of amidine groups is 1. The first-order valence-corrected chi connectivity index (χ1v) is 7.57. The summed E-state index contributed by atoms with van der Waals surface area (Å²) in [5.41, 5.74) is 5.19. The minimum absolute atomic E-state index is 0.0132. The van der Waals surface area contributed by atoms with Gasteiger partial charge < -0.3 is 10.6 Å². The number of hydrogen-bond donors (Lipinski definition) is 2. The lowest BCUT2D eigenvalue weighted by molar-refractivity contribution is -0.199. The topological polar surface area (TPSA) is 92.3 Å². The third-order valence-corrected chi connectivity index (χ3v) is 3.82. The second-order valence-electron chi connectivity index (χ2n) is 4.24. The van der Waals surface area contributed by atoms with Gasteiger partial charge in [0.05, 0.1) is 15.8 Å². The van der Waals surface area contributed by atoms with Crippen molar-refractivity contribution in [1.29, 1.82) is 5.41 Å². The molecular weight excluding hydrogens is 420 g/mol. The number of nitrogens with two attached hydrogens (primary N) is 1. The largest absolute Gasteiger partial charge is 0.493 e. The van der Waals surface area contributed by atoms with Gasteiger partial charge in [-0.3, -0.25) is 5.41 Å². The normalized spacial score (nSPS) is 11.2. The molecule has 0 radical (unpaired) electrons. The van der Waals surface area contributed by atoms with E-state index in [9.17, 15) is 22.4 Å². The molecular formula is C12H7BrF4N4O2S. The Morgan fingerprint density at radius 2 is 2.08 bits per heavy atom. The van der Waals surface area contributed by atoms with Gasteiger partial charge in [0.15, 0.2) is 5.84 Å². The van der Waals surface area contributed by atoms with Gasteiger partial charge in [0.25, 0.3) is 0 Å². The van der Waals surface area contributed by atoms with Crippen molar-refractivity contribution < 1.29 is 27.2 Å². The van der Waals surface area contributed by atoms with Crippen LogP contribution in [0, 0.1) is 11.2 Å². The molecule has 0 spiro atoms. The van der Waals surface area contributed by atoms with Crippen LogP contribution in [0.3, 0.4) is 0 Å². The predicted octanol–water partition coefficient (Wildman–Crippen LogP) is 3.48. The molecule has 1 aromatic carbocycles. The fraction of sp³-hybridized carbons (Fsp3) is 0.0833. The number of halogens is 5. The Bertz CT molecular complexity index is 796. The summed E-state index contributed by atoms with van der Waals surface area (Å²) in [5, 5.41) is 9.57. The molecule has 3 N–H and O–H groups in total. The molecule has 6 nitrogen and oxygen atoms in total. The van der Waals surface area contributed by atoms with Gasteiger partial charge in [0.1, 0.15) is 11.5 Å². The average molecular weight is 427 g/mol. The van der Waals surface area contributed by atoms with Crippen molar-refractivity contribution in [2.24, 2.45) is 0 Å². The molecule has 12 heteroatoms. The highest BCUT2D eigenvalue weighted by Gasteiger charge is 2.43. The summed E-state index contributed by atoms with van der Waals surface area (Å²) in [6.07, 6.45) is -5.29. The quantitative estimate of drug-likeness (QED) is 0.332. The smallest absolute Gasteiger partial charge is 0.396 e. The van der Waals surface area contributed by atoms with Crippen LogP contribution in [0.5, 0.6) is 0 Å². The van der Waals surface area contributed by atoms with Gasteiger partial charge in [-0.2, -0.15) is 22.6 Å². The van der Waals surface area contributed by atoms with Crippen molar-refractivity contribution in [3.8, 4) is 0 Å². The molecule has 0 atom stereocenters. The first-order valence-electron chi connectivity index (χ1n) is 5.94. The van der Waals surface area contributed by atoms with Gasteiger partial charge in [-0.1, -0.05) is 0 Å². The lowest BCUT2D eigenvalue weighted by Crippen LogP contribution is -2.39. The lowest BCUT2D eigenvalue weighted by atomic mass is 10.2. The maximum Gasteiger partial charge on any atom is 0.493 e. The van der Waals surface area contributed by atoms with Gasteiger partial charge in [-0.15, -0.1) is 0 Å². The summed E-state index contributed by atoms with van der Waals surface area (Å²) in [6, 6.07) is 2.99. The van der Waals surface area contributed by atoms with E-state index in [-0.39, 0.29) is 26.6 Å². The Balaban J connectivity index is 2.45. The molecule has 1 heterocycles. The number of nitrogens with one attached hydrogen (secondary N) is 1. The van der Waals surface area contributed by atoms with E-state index in [0.29, 0.717) is 0 Å². The second-order valence-corrected chi connectivity index (χ2v) is 5.72. The molecule has 0 aliphatic heterocycles. The first-order chi connectivity index (χ1) is 11.1. The van der Waals surface area contributed by atoms with Crippen molar-refractivity contribution in [2.45, 2.75) is 6.18 Å². The zero-order valence-corrected chi connectivity index (χ0v) is 13.8. The van der Waals surface area contributed by atoms with Crippen molar-refractivity contribution >= 4 is 50.6 Å². The van der Waals surface area contributed by atoms with Crippen LogP contribution in [0.1, 0.15) is 5.69 Å². The summed E-state index contributed by atoms with van der Waals surface area (Å²) in [5.74, 6) is -3.97. The minimum atomic E-state index is -5.29. The van der Waals surface area contributed by atoms with Crippen molar-refractivity contribution in [1.82, 2.24) is 4.37 Å². The molecule has 0 unspecified atom stereocenters. The van der Waals surface area contributed by atoms with Gasteiger partial charge in [-0.05, 0) is 45.7 Å². The summed E-state index contributed by atoms with van der Waals surface area (Å²) in [7, 11) is 0. The number of anilines is 2. The van der Waals surface area contributed by atoms with Crippen LogP contribution in [0.2, 0.25) is 0 Å². The molecule has 0 saturated carbocycles. The molecule has 0 aliphatic carbocycles. The van der Waals surface area contributed by atoms with E-state index >= 15 is 0 Å². The molecule has 0 amide bonds. The number of benzene rings is 1. The van der Waals surface area contributed by atoms with Crippen LogP contribution in [-0.2, 0) is 9.63 Å². The number of alkyl halides is 3. The highest BCUT2D eigenvalue weighted by Crippen LogP contribution is 2.28. The molecule has 2 aromatic rings. The molecule has 0 aliphatic rings. The van der Waals surface area contributed by atoms with E-state index in [1.54, 1.807) is 0 Å². The van der Waals surface area contributed by atoms with Crippen LogP contribution >= 0.6 is 27.5 Å². The number of hydroxylamine groups is 1. The third-order valence-electron chi connectivity index (χ3n) is 2.57. The van der Waals surface area contributed by atoms with E-state index in [1.165, 1.54) is 5.38 Å². The Kier molecular flexibility index (Phi) is 5.08. The Morgan fingerprint density at radius 3 is 2.58 bits per heavy atom. The maximum absolute atomic E-state index is 13.3. The monoisotopic (exact) mass is 426 g/mol. The van der Waals surface area contributed by atoms with Crippen LogP contribution < -0.4 is 10.8 Å². The SMILES string of the molecule is N=C(c1nscc1N)N(OC(=O)C(F)(F)F)c1ccc(F)c(Br)c1. The van der Waals surface area contributed by atoms with Crippen LogP contribution in [0.25, 0.3) is 0 Å². The van der Waals surface area contributed by atoms with E-state index in [2.05, 4.69) is 25.1 Å². The first kappa shape index (κ1) is 18.1. The highest BCUT2D eigenvalue weighted by atomic mass is 79.9. The second kappa shape index (κ2) is 6.73. The average Bonchev–Trinajstić information content (AvgIpc) is 2.92. The highest BCUT2D eigenvalue weighted by molar-refractivity contribution is 9.10. The van der Waals surface area contributed by atoms with Gasteiger partial charge in [0.2, 0.25) is 0 Å². The molecule has 0 fully saturated rings. The Morgan fingerprint density at radius 1 is 1.42 bits per heavy atom. The molecule has 1 aromatic heterocycles. The molecule has 0 saturated heterocycles. The number of carbonyl (C=O) groups is 1. The number of nitrogen functional groups attached to an aromatic ring is 1. The fourth-order valence-corrected chi connectivity index (χ4v) is 2.44. The molecule has 128 valence electrons. The van der Waals surface area contributed by atoms with Crippen molar-refractivity contribution in [2.75, 3.05) is 10.8 Å². The lowest BCUT2D eigenvalue weighted by Gasteiger charge is -2.23. The minimum Gasteiger partial charge on any atom is -0.396 e. The number of nitrogens with zero attached hydrogens (tertiary/aromatic N) is 2. The number of aromatic nitrogens is 1. The standard InChI is InChI=1S/C12H7BrF4N4O2S/c13-6-3-5(1-2-7(6)14)21(23-11(22)12(15,16)17)10(19)9-8(18)4-24-20-9/h1-4,19H,18H2. The molecule has 24 heavy (non-hydrogen) atoms. The zero-order valence-electron chi connectivity index (χ0n) is 11.4. The summed E-state index contributed by atoms with van der Waals surface area (Å²) < 4.78 is 54.4. The van der Waals surface area contributed by atoms with Crippen LogP contribution in [0.4, 0.5) is 28.9 Å².